The molecular weight excluding hydrogens is 591 g/mol. The molecule has 0 bridgehead atoms. The number of anilines is 3. The molecule has 0 aromatic heterocycles. The van der Waals surface area contributed by atoms with Gasteiger partial charge in [0.25, 0.3) is 0 Å². The molecule has 9 rings (SSSR count). The maximum atomic E-state index is 2.49. The van der Waals surface area contributed by atoms with Gasteiger partial charge in [-0.25, -0.2) is 0 Å². The highest BCUT2D eigenvalue weighted by atomic mass is 15.2. The molecule has 1 heteroatoms. The zero-order valence-electron chi connectivity index (χ0n) is 28.5. The Morgan fingerprint density at radius 2 is 0.776 bits per heavy atom. The summed E-state index contributed by atoms with van der Waals surface area (Å²) in [6, 6.07) is 60.4. The number of hydrogen-bond donors (Lipinski definition) is 0. The van der Waals surface area contributed by atoms with Gasteiger partial charge in [-0.3, -0.25) is 0 Å². The average molecular weight is 630 g/mol. The van der Waals surface area contributed by atoms with Gasteiger partial charge in [-0.15, -0.1) is 0 Å². The summed E-state index contributed by atoms with van der Waals surface area (Å²) in [5.41, 5.74) is 19.1. The summed E-state index contributed by atoms with van der Waals surface area (Å²) in [7, 11) is 0. The van der Waals surface area contributed by atoms with Gasteiger partial charge >= 0.3 is 0 Å². The Hall–Kier alpha value is -5.66. The molecule has 49 heavy (non-hydrogen) atoms. The van der Waals surface area contributed by atoms with Gasteiger partial charge in [0.2, 0.25) is 0 Å². The molecule has 2 aliphatic rings. The molecule has 0 saturated heterocycles. The van der Waals surface area contributed by atoms with Crippen LogP contribution in [0.1, 0.15) is 49.9 Å². The van der Waals surface area contributed by atoms with Gasteiger partial charge in [0.15, 0.2) is 0 Å². The van der Waals surface area contributed by atoms with Crippen LogP contribution in [0.3, 0.4) is 0 Å². The molecule has 1 aliphatic carbocycles. The molecule has 0 saturated carbocycles. The summed E-state index contributed by atoms with van der Waals surface area (Å²) in [6.45, 7) is 9.50. The highest BCUT2D eigenvalue weighted by Crippen LogP contribution is 2.57. The van der Waals surface area contributed by atoms with E-state index in [-0.39, 0.29) is 10.8 Å². The van der Waals surface area contributed by atoms with E-state index < -0.39 is 0 Å². The van der Waals surface area contributed by atoms with Crippen molar-refractivity contribution in [3.63, 3.8) is 0 Å². The van der Waals surface area contributed by atoms with Crippen molar-refractivity contribution in [2.45, 2.75) is 38.5 Å². The molecule has 0 amide bonds. The van der Waals surface area contributed by atoms with E-state index in [9.17, 15) is 0 Å². The summed E-state index contributed by atoms with van der Waals surface area (Å²) in [5, 5.41) is 0. The van der Waals surface area contributed by atoms with Crippen molar-refractivity contribution in [1.82, 2.24) is 0 Å². The highest BCUT2D eigenvalue weighted by Gasteiger charge is 2.42. The molecule has 7 aromatic rings. The van der Waals surface area contributed by atoms with Crippen molar-refractivity contribution in [2.75, 3.05) is 4.90 Å². The van der Waals surface area contributed by atoms with E-state index in [1.54, 1.807) is 0 Å². The fourth-order valence-corrected chi connectivity index (χ4v) is 8.32. The van der Waals surface area contributed by atoms with E-state index >= 15 is 0 Å². The number of hydrogen-bond acceptors (Lipinski definition) is 1. The van der Waals surface area contributed by atoms with Gasteiger partial charge in [-0.1, -0.05) is 161 Å². The van der Waals surface area contributed by atoms with Crippen LogP contribution in [0, 0.1) is 0 Å². The average Bonchev–Trinajstić information content (AvgIpc) is 3.37. The van der Waals surface area contributed by atoms with Gasteiger partial charge < -0.3 is 4.90 Å². The minimum atomic E-state index is -0.136. The van der Waals surface area contributed by atoms with Crippen LogP contribution in [0.15, 0.2) is 164 Å². The van der Waals surface area contributed by atoms with Gasteiger partial charge in [0, 0.05) is 16.5 Å². The number of nitrogens with zero attached hydrogens (tertiary/aromatic N) is 1. The summed E-state index contributed by atoms with van der Waals surface area (Å²) < 4.78 is 0. The Balaban J connectivity index is 1.07. The first-order chi connectivity index (χ1) is 23.8. The van der Waals surface area contributed by atoms with Gasteiger partial charge in [-0.2, -0.15) is 0 Å². The number of rotatable bonds is 4. The van der Waals surface area contributed by atoms with Crippen LogP contribution in [-0.4, -0.2) is 0 Å². The van der Waals surface area contributed by atoms with Crippen LogP contribution in [-0.2, 0) is 10.8 Å². The number of fused-ring (bicyclic) bond motifs is 5. The molecule has 1 heterocycles. The molecule has 7 aromatic carbocycles. The normalized spacial score (nSPS) is 14.8. The lowest BCUT2D eigenvalue weighted by atomic mass is 9.72. The molecule has 0 atom stereocenters. The van der Waals surface area contributed by atoms with E-state index in [1.165, 1.54) is 83.8 Å². The second-order valence-corrected chi connectivity index (χ2v) is 14.6. The summed E-state index contributed by atoms with van der Waals surface area (Å²) in [5.74, 6) is 0. The van der Waals surface area contributed by atoms with E-state index in [0.29, 0.717) is 0 Å². The molecular formula is C48H39N. The summed E-state index contributed by atoms with van der Waals surface area (Å²) >= 11 is 0. The number of para-hydroxylation sites is 1. The minimum Gasteiger partial charge on any atom is -0.310 e. The van der Waals surface area contributed by atoms with Crippen molar-refractivity contribution >= 4 is 17.1 Å². The Morgan fingerprint density at radius 1 is 0.327 bits per heavy atom. The first-order valence-electron chi connectivity index (χ1n) is 17.4. The Labute approximate surface area is 290 Å². The van der Waals surface area contributed by atoms with Crippen molar-refractivity contribution in [3.8, 4) is 44.5 Å². The first kappa shape index (κ1) is 29.5. The standard InChI is InChI=1S/C48H39N/c1-47(2)41-15-9-8-14-39(41)40-30-44-46(31-43(40)47)49(45-17-11-10-16-42(45)48(44,3)4)38-28-26-37(27-29-38)36-24-22-35(23-25-36)34-20-18-33(19-21-34)32-12-6-5-7-13-32/h5-31H,1-4H3. The molecule has 236 valence electrons. The summed E-state index contributed by atoms with van der Waals surface area (Å²) in [4.78, 5) is 2.49. The SMILES string of the molecule is CC1(C)c2ccccc2-c2cc3c(cc21)N(c1ccc(-c2ccc(-c4ccc(-c5ccccc5)cc4)cc2)cc1)c1ccccc1C3(C)C. The van der Waals surface area contributed by atoms with Crippen LogP contribution in [0.2, 0.25) is 0 Å². The zero-order valence-corrected chi connectivity index (χ0v) is 28.5. The van der Waals surface area contributed by atoms with Crippen LogP contribution < -0.4 is 4.90 Å². The zero-order chi connectivity index (χ0) is 33.3. The molecule has 0 unspecified atom stereocenters. The predicted octanol–water partition coefficient (Wildman–Crippen LogP) is 13.1. The van der Waals surface area contributed by atoms with Crippen LogP contribution >= 0.6 is 0 Å². The number of benzene rings is 7. The fraction of sp³-hybridized carbons (Fsp3) is 0.125. The molecule has 0 spiro atoms. The smallest absolute Gasteiger partial charge is 0.0506 e. The van der Waals surface area contributed by atoms with Crippen LogP contribution in [0.5, 0.6) is 0 Å². The quantitative estimate of drug-likeness (QED) is 0.187. The molecule has 0 N–H and O–H groups in total. The maximum absolute atomic E-state index is 2.49. The van der Waals surface area contributed by atoms with Crippen LogP contribution in [0.4, 0.5) is 17.1 Å². The lowest BCUT2D eigenvalue weighted by molar-refractivity contribution is 0.627. The molecule has 1 nitrogen and oxygen atoms in total. The van der Waals surface area contributed by atoms with Crippen LogP contribution in [0.25, 0.3) is 44.5 Å². The fourth-order valence-electron chi connectivity index (χ4n) is 8.32. The van der Waals surface area contributed by atoms with Gasteiger partial charge in [0.05, 0.1) is 11.4 Å². The van der Waals surface area contributed by atoms with Crippen molar-refractivity contribution in [2.24, 2.45) is 0 Å². The van der Waals surface area contributed by atoms with Crippen molar-refractivity contribution in [1.29, 1.82) is 0 Å². The topological polar surface area (TPSA) is 3.24 Å². The third-order valence-corrected chi connectivity index (χ3v) is 11.1. The Kier molecular flexibility index (Phi) is 6.58. The Bertz CT molecular complexity index is 2340. The first-order valence-corrected chi connectivity index (χ1v) is 17.4. The highest BCUT2D eigenvalue weighted by molar-refractivity contribution is 5.91. The second-order valence-electron chi connectivity index (χ2n) is 14.6. The van der Waals surface area contributed by atoms with Gasteiger partial charge in [-0.05, 0) is 97.1 Å². The van der Waals surface area contributed by atoms with Crippen molar-refractivity contribution in [3.05, 3.63) is 186 Å². The molecule has 0 fully saturated rings. The predicted molar refractivity (Wildman–Crippen MR) is 207 cm³/mol. The third-order valence-electron chi connectivity index (χ3n) is 11.1. The molecule has 1 aliphatic heterocycles. The lowest BCUT2D eigenvalue weighted by Gasteiger charge is -2.43. The molecule has 0 radical (unpaired) electrons. The largest absolute Gasteiger partial charge is 0.310 e. The Morgan fingerprint density at radius 3 is 1.37 bits per heavy atom. The minimum absolute atomic E-state index is 0.0618. The monoisotopic (exact) mass is 629 g/mol. The van der Waals surface area contributed by atoms with E-state index in [0.717, 1.165) is 0 Å². The third kappa shape index (κ3) is 4.60. The second kappa shape index (κ2) is 10.9. The maximum Gasteiger partial charge on any atom is 0.0506 e. The lowest BCUT2D eigenvalue weighted by Crippen LogP contribution is -2.31. The summed E-state index contributed by atoms with van der Waals surface area (Å²) in [6.07, 6.45) is 0. The van der Waals surface area contributed by atoms with Crippen molar-refractivity contribution < 1.29 is 0 Å². The van der Waals surface area contributed by atoms with E-state index in [2.05, 4.69) is 196 Å². The van der Waals surface area contributed by atoms with Gasteiger partial charge in [0.1, 0.15) is 0 Å². The van der Waals surface area contributed by atoms with E-state index in [1.807, 2.05) is 0 Å². The van der Waals surface area contributed by atoms with E-state index in [4.69, 9.17) is 0 Å².